The minimum Gasteiger partial charge on any atom is -0.503 e. The van der Waals surface area contributed by atoms with Gasteiger partial charge >= 0.3 is 0 Å². The number of carbonyl (C=O) groups is 2. The molecule has 0 saturated heterocycles. The van der Waals surface area contributed by atoms with Crippen LogP contribution in [0.15, 0.2) is 35.6 Å². The van der Waals surface area contributed by atoms with Gasteiger partial charge in [0.05, 0.1) is 11.6 Å². The second-order valence-electron chi connectivity index (χ2n) is 7.50. The molecule has 0 aliphatic carbocycles. The number of hydrogen-bond acceptors (Lipinski definition) is 4. The summed E-state index contributed by atoms with van der Waals surface area (Å²) in [6.07, 6.45) is 0.634. The first-order valence-corrected chi connectivity index (χ1v) is 8.53. The molecule has 136 valence electrons. The third kappa shape index (κ3) is 3.93. The van der Waals surface area contributed by atoms with Crippen LogP contribution < -0.4 is 0 Å². The molecule has 0 saturated carbocycles. The lowest BCUT2D eigenvalue weighted by Crippen LogP contribution is -2.34. The number of carbonyl (C=O) groups excluding carboxylic acids is 2. The third-order valence-electron chi connectivity index (χ3n) is 4.33. The largest absolute Gasteiger partial charge is 0.503 e. The van der Waals surface area contributed by atoms with Gasteiger partial charge in [-0.2, -0.15) is 0 Å². The van der Waals surface area contributed by atoms with Crippen molar-refractivity contribution in [2.45, 2.75) is 40.2 Å². The number of rotatable bonds is 6. The molecule has 1 atom stereocenters. The quantitative estimate of drug-likeness (QED) is 0.803. The summed E-state index contributed by atoms with van der Waals surface area (Å²) in [7, 11) is 1.61. The van der Waals surface area contributed by atoms with Gasteiger partial charge in [0, 0.05) is 25.7 Å². The van der Waals surface area contributed by atoms with Crippen molar-refractivity contribution in [2.75, 3.05) is 20.3 Å². The zero-order valence-electron chi connectivity index (χ0n) is 15.6. The van der Waals surface area contributed by atoms with Gasteiger partial charge in [-0.1, -0.05) is 50.6 Å². The summed E-state index contributed by atoms with van der Waals surface area (Å²) in [5.41, 5.74) is 1.38. The van der Waals surface area contributed by atoms with Crippen LogP contribution in [-0.4, -0.2) is 42.0 Å². The van der Waals surface area contributed by atoms with Crippen molar-refractivity contribution in [3.05, 3.63) is 46.7 Å². The van der Waals surface area contributed by atoms with Crippen LogP contribution in [0.2, 0.25) is 0 Å². The summed E-state index contributed by atoms with van der Waals surface area (Å²) in [6, 6.07) is 7.15. The molecule has 5 nitrogen and oxygen atoms in total. The number of hydrogen-bond donors (Lipinski definition) is 1. The molecule has 1 unspecified atom stereocenters. The molecule has 1 aliphatic rings. The lowest BCUT2D eigenvalue weighted by atomic mass is 9.82. The number of amides is 1. The molecule has 1 aromatic carbocycles. The maximum Gasteiger partial charge on any atom is 0.290 e. The summed E-state index contributed by atoms with van der Waals surface area (Å²) in [4.78, 5) is 27.2. The Morgan fingerprint density at radius 2 is 2.00 bits per heavy atom. The monoisotopic (exact) mass is 345 g/mol. The number of ketones is 1. The van der Waals surface area contributed by atoms with Gasteiger partial charge in [-0.05, 0) is 18.9 Å². The van der Waals surface area contributed by atoms with Crippen LogP contribution in [0.3, 0.4) is 0 Å². The summed E-state index contributed by atoms with van der Waals surface area (Å²) in [5, 5.41) is 10.5. The summed E-state index contributed by atoms with van der Waals surface area (Å²) in [6.45, 7) is 8.26. The van der Waals surface area contributed by atoms with Crippen LogP contribution in [-0.2, 0) is 14.3 Å². The Morgan fingerprint density at radius 3 is 2.56 bits per heavy atom. The Hall–Kier alpha value is -2.14. The van der Waals surface area contributed by atoms with E-state index in [9.17, 15) is 14.7 Å². The second-order valence-corrected chi connectivity index (χ2v) is 7.50. The van der Waals surface area contributed by atoms with E-state index >= 15 is 0 Å². The molecule has 0 bridgehead atoms. The van der Waals surface area contributed by atoms with E-state index in [1.54, 1.807) is 32.8 Å². The number of aliphatic hydroxyl groups excluding tert-OH is 1. The van der Waals surface area contributed by atoms with E-state index in [-0.39, 0.29) is 11.4 Å². The van der Waals surface area contributed by atoms with Crippen molar-refractivity contribution in [1.29, 1.82) is 0 Å². The molecule has 2 rings (SSSR count). The molecule has 0 radical (unpaired) electrons. The average Bonchev–Trinajstić information content (AvgIpc) is 2.78. The molecular weight excluding hydrogens is 318 g/mol. The van der Waals surface area contributed by atoms with Crippen LogP contribution in [0.1, 0.15) is 44.4 Å². The minimum absolute atomic E-state index is 0.195. The Kier molecular flexibility index (Phi) is 5.68. The van der Waals surface area contributed by atoms with Crippen molar-refractivity contribution >= 4 is 11.7 Å². The number of Topliss-reactive ketones (excluding diaryl/α,β-unsaturated/α-hetero) is 1. The molecule has 25 heavy (non-hydrogen) atoms. The highest BCUT2D eigenvalue weighted by molar-refractivity contribution is 6.10. The molecular formula is C20H27NO4. The van der Waals surface area contributed by atoms with Gasteiger partial charge in [-0.3, -0.25) is 9.59 Å². The molecule has 1 amide bonds. The Labute approximate surface area is 149 Å². The van der Waals surface area contributed by atoms with Crippen molar-refractivity contribution in [3.63, 3.8) is 0 Å². The van der Waals surface area contributed by atoms with Crippen molar-refractivity contribution in [2.24, 2.45) is 5.41 Å². The van der Waals surface area contributed by atoms with E-state index < -0.39 is 23.1 Å². The first-order valence-electron chi connectivity index (χ1n) is 8.53. The lowest BCUT2D eigenvalue weighted by Gasteiger charge is -2.29. The van der Waals surface area contributed by atoms with Crippen LogP contribution in [0.5, 0.6) is 0 Å². The number of methoxy groups -OCH3 is 1. The minimum atomic E-state index is -0.686. The lowest BCUT2D eigenvalue weighted by molar-refractivity contribution is -0.129. The summed E-state index contributed by atoms with van der Waals surface area (Å²) in [5.74, 6) is -1.13. The Balaban J connectivity index is 2.50. The zero-order chi connectivity index (χ0) is 18.8. The number of aliphatic hydroxyl groups is 1. The topological polar surface area (TPSA) is 66.8 Å². The van der Waals surface area contributed by atoms with Gasteiger partial charge < -0.3 is 14.7 Å². The highest BCUT2D eigenvalue weighted by Crippen LogP contribution is 2.41. The predicted molar refractivity (Wildman–Crippen MR) is 96.2 cm³/mol. The van der Waals surface area contributed by atoms with Crippen LogP contribution in [0.4, 0.5) is 0 Å². The van der Waals surface area contributed by atoms with E-state index in [0.717, 1.165) is 11.1 Å². The normalized spacial score (nSPS) is 18.2. The number of nitrogens with zero attached hydrogens (tertiary/aromatic N) is 1. The fraction of sp³-hybridized carbons (Fsp3) is 0.500. The van der Waals surface area contributed by atoms with Gasteiger partial charge in [0.25, 0.3) is 5.91 Å². The van der Waals surface area contributed by atoms with E-state index in [1.165, 1.54) is 0 Å². The highest BCUT2D eigenvalue weighted by Gasteiger charge is 2.45. The molecule has 1 heterocycles. The predicted octanol–water partition coefficient (Wildman–Crippen LogP) is 3.34. The molecule has 0 fully saturated rings. The number of ether oxygens (including phenoxy) is 1. The van der Waals surface area contributed by atoms with Gasteiger partial charge in [-0.25, -0.2) is 0 Å². The van der Waals surface area contributed by atoms with Crippen molar-refractivity contribution < 1.29 is 19.4 Å². The first kappa shape index (κ1) is 19.2. The Bertz CT molecular complexity index is 700. The molecule has 1 N–H and O–H groups in total. The van der Waals surface area contributed by atoms with E-state index in [4.69, 9.17) is 4.74 Å². The molecule has 5 heteroatoms. The average molecular weight is 345 g/mol. The van der Waals surface area contributed by atoms with Crippen molar-refractivity contribution in [3.8, 4) is 0 Å². The fourth-order valence-electron chi connectivity index (χ4n) is 3.09. The van der Waals surface area contributed by atoms with Crippen LogP contribution >= 0.6 is 0 Å². The zero-order valence-corrected chi connectivity index (χ0v) is 15.6. The van der Waals surface area contributed by atoms with Crippen molar-refractivity contribution in [1.82, 2.24) is 4.90 Å². The molecule has 0 spiro atoms. The molecule has 1 aliphatic heterocycles. The smallest absolute Gasteiger partial charge is 0.290 e. The SMILES string of the molecule is COCCCN1C(=O)C(O)=C(C(=O)C(C)(C)C)C1c1cccc(C)c1. The second kappa shape index (κ2) is 7.40. The standard InChI is InChI=1S/C20H27NO4/c1-13-8-6-9-14(12-13)16-15(18(23)20(2,3)4)17(22)19(24)21(16)10-7-11-25-5/h6,8-9,12,16,22H,7,10-11H2,1-5H3. The van der Waals surface area contributed by atoms with Gasteiger partial charge in [-0.15, -0.1) is 0 Å². The first-order chi connectivity index (χ1) is 11.7. The van der Waals surface area contributed by atoms with Gasteiger partial charge in [0.15, 0.2) is 11.5 Å². The highest BCUT2D eigenvalue weighted by atomic mass is 16.5. The molecule has 0 aromatic heterocycles. The molecule has 1 aromatic rings. The van der Waals surface area contributed by atoms with Gasteiger partial charge in [0.2, 0.25) is 0 Å². The van der Waals surface area contributed by atoms with E-state index in [0.29, 0.717) is 19.6 Å². The number of aryl methyl sites for hydroxylation is 1. The van der Waals surface area contributed by atoms with Crippen LogP contribution in [0.25, 0.3) is 0 Å². The third-order valence-corrected chi connectivity index (χ3v) is 4.33. The maximum atomic E-state index is 12.9. The Morgan fingerprint density at radius 1 is 1.32 bits per heavy atom. The number of benzene rings is 1. The maximum absolute atomic E-state index is 12.9. The fourth-order valence-corrected chi connectivity index (χ4v) is 3.09. The van der Waals surface area contributed by atoms with Gasteiger partial charge in [0.1, 0.15) is 0 Å². The van der Waals surface area contributed by atoms with E-state index in [2.05, 4.69) is 0 Å². The summed E-state index contributed by atoms with van der Waals surface area (Å²) < 4.78 is 5.07. The van der Waals surface area contributed by atoms with E-state index in [1.807, 2.05) is 31.2 Å². The summed E-state index contributed by atoms with van der Waals surface area (Å²) >= 11 is 0. The van der Waals surface area contributed by atoms with Crippen LogP contribution in [0, 0.1) is 12.3 Å².